The van der Waals surface area contributed by atoms with Crippen LogP contribution in [0.4, 0.5) is 17.6 Å². The van der Waals surface area contributed by atoms with Crippen LogP contribution in [-0.4, -0.2) is 35.7 Å². The molecule has 7 nitrogen and oxygen atoms in total. The molecule has 1 unspecified atom stereocenters. The lowest BCUT2D eigenvalue weighted by molar-refractivity contribution is -0.143. The first-order chi connectivity index (χ1) is 13.4. The number of aromatic nitrogens is 6. The van der Waals surface area contributed by atoms with Crippen molar-refractivity contribution in [3.8, 4) is 5.75 Å². The van der Waals surface area contributed by atoms with Gasteiger partial charge in [0.25, 0.3) is 0 Å². The minimum atomic E-state index is -4.43. The van der Waals surface area contributed by atoms with Crippen LogP contribution in [0.3, 0.4) is 0 Å². The van der Waals surface area contributed by atoms with Crippen LogP contribution >= 0.6 is 0 Å². The Morgan fingerprint density at radius 3 is 2.89 bits per heavy atom. The molecule has 3 heterocycles. The normalized spacial score (nSPS) is 16.8. The first kappa shape index (κ1) is 18.4. The quantitative estimate of drug-likeness (QED) is 0.621. The van der Waals surface area contributed by atoms with Gasteiger partial charge in [0.05, 0.1) is 0 Å². The third kappa shape index (κ3) is 4.12. The Balaban J connectivity index is 1.56. The molecule has 0 saturated heterocycles. The van der Waals surface area contributed by atoms with Crippen LogP contribution in [0.1, 0.15) is 29.8 Å². The molecule has 3 aromatic rings. The van der Waals surface area contributed by atoms with Crippen molar-refractivity contribution >= 4 is 0 Å². The average Bonchev–Trinajstić information content (AvgIpc) is 3.24. The summed E-state index contributed by atoms with van der Waals surface area (Å²) < 4.78 is 60.2. The molecule has 1 aliphatic heterocycles. The monoisotopic (exact) mass is 396 g/mol. The molecule has 1 atom stereocenters. The Bertz CT molecular complexity index is 967. The average molecular weight is 396 g/mol. The van der Waals surface area contributed by atoms with Gasteiger partial charge < -0.3 is 4.74 Å². The van der Waals surface area contributed by atoms with Gasteiger partial charge in [-0.1, -0.05) is 6.07 Å². The highest BCUT2D eigenvalue weighted by Crippen LogP contribution is 2.29. The predicted molar refractivity (Wildman–Crippen MR) is 87.9 cm³/mol. The van der Waals surface area contributed by atoms with E-state index in [4.69, 9.17) is 4.74 Å². The second-order valence-electron chi connectivity index (χ2n) is 6.49. The smallest absolute Gasteiger partial charge is 0.408 e. The summed E-state index contributed by atoms with van der Waals surface area (Å²) in [6.07, 6.45) is -1.99. The van der Waals surface area contributed by atoms with Crippen molar-refractivity contribution < 1.29 is 22.3 Å². The van der Waals surface area contributed by atoms with Crippen molar-refractivity contribution in [1.82, 2.24) is 29.5 Å². The minimum absolute atomic E-state index is 0.107. The van der Waals surface area contributed by atoms with E-state index in [9.17, 15) is 17.6 Å². The van der Waals surface area contributed by atoms with Crippen molar-refractivity contribution in [3.05, 3.63) is 53.9 Å². The third-order valence-corrected chi connectivity index (χ3v) is 4.42. The number of alkyl halides is 3. The summed E-state index contributed by atoms with van der Waals surface area (Å²) in [6.45, 7) is -0.850. The molecule has 1 aromatic carbocycles. The van der Waals surface area contributed by atoms with Gasteiger partial charge in [0.15, 0.2) is 5.82 Å². The lowest BCUT2D eigenvalue weighted by atomic mass is 9.97. The molecule has 0 fully saturated rings. The van der Waals surface area contributed by atoms with E-state index in [0.29, 0.717) is 25.2 Å². The van der Waals surface area contributed by atoms with E-state index in [1.807, 2.05) is 0 Å². The van der Waals surface area contributed by atoms with E-state index < -0.39 is 18.5 Å². The molecular formula is C17H16F4N6O. The van der Waals surface area contributed by atoms with Crippen molar-refractivity contribution in [1.29, 1.82) is 0 Å². The summed E-state index contributed by atoms with van der Waals surface area (Å²) in [4.78, 5) is 8.43. The van der Waals surface area contributed by atoms with Gasteiger partial charge in [-0.3, -0.25) is 4.68 Å². The van der Waals surface area contributed by atoms with Gasteiger partial charge in [0, 0.05) is 24.9 Å². The third-order valence-electron chi connectivity index (χ3n) is 4.42. The minimum Gasteiger partial charge on any atom is -0.485 e. The first-order valence-corrected chi connectivity index (χ1v) is 8.63. The Labute approximate surface area is 157 Å². The predicted octanol–water partition coefficient (Wildman–Crippen LogP) is 2.88. The number of hydrogen-bond donors (Lipinski definition) is 0. The van der Waals surface area contributed by atoms with E-state index in [-0.39, 0.29) is 29.9 Å². The zero-order chi connectivity index (χ0) is 19.7. The van der Waals surface area contributed by atoms with Crippen LogP contribution in [0.25, 0.3) is 0 Å². The fourth-order valence-corrected chi connectivity index (χ4v) is 3.21. The fraction of sp³-hybridized carbons (Fsp3) is 0.412. The van der Waals surface area contributed by atoms with Gasteiger partial charge in [-0.15, -0.1) is 0 Å². The zero-order valence-corrected chi connectivity index (χ0v) is 14.6. The molecule has 0 bridgehead atoms. The SMILES string of the molecule is Fc1cccc(OCc2nc(C3CCn4ncnc4C3)n(CC(F)(F)F)n2)c1. The molecule has 0 spiro atoms. The number of benzene rings is 1. The summed E-state index contributed by atoms with van der Waals surface area (Å²) in [5, 5.41) is 8.05. The molecule has 2 aromatic heterocycles. The van der Waals surface area contributed by atoms with Crippen molar-refractivity contribution in [2.24, 2.45) is 0 Å². The molecule has 0 saturated carbocycles. The summed E-state index contributed by atoms with van der Waals surface area (Å²) in [5.41, 5.74) is 0. The number of rotatable bonds is 5. The maximum absolute atomic E-state index is 13.2. The maximum Gasteiger partial charge on any atom is 0.408 e. The largest absolute Gasteiger partial charge is 0.485 e. The standard InChI is InChI=1S/C17H16F4N6O/c18-12-2-1-3-13(7-12)28-8-14-24-16(27(25-14)9-17(19,20)21)11-4-5-26-15(6-11)22-10-23-26/h1-3,7,10-11H,4-6,8-9H2. The highest BCUT2D eigenvalue weighted by atomic mass is 19.4. The number of ether oxygens (including phenoxy) is 1. The highest BCUT2D eigenvalue weighted by Gasteiger charge is 2.33. The van der Waals surface area contributed by atoms with E-state index in [1.54, 1.807) is 10.7 Å². The molecule has 1 aliphatic rings. The number of hydrogen-bond acceptors (Lipinski definition) is 5. The second-order valence-corrected chi connectivity index (χ2v) is 6.49. The van der Waals surface area contributed by atoms with Gasteiger partial charge in [0.2, 0.25) is 0 Å². The number of halogens is 4. The van der Waals surface area contributed by atoms with E-state index in [0.717, 1.165) is 4.68 Å². The number of nitrogens with zero attached hydrogens (tertiary/aromatic N) is 6. The van der Waals surface area contributed by atoms with Gasteiger partial charge >= 0.3 is 6.18 Å². The van der Waals surface area contributed by atoms with Crippen LogP contribution in [0.5, 0.6) is 5.75 Å². The topological polar surface area (TPSA) is 70.7 Å². The zero-order valence-electron chi connectivity index (χ0n) is 14.6. The van der Waals surface area contributed by atoms with Crippen LogP contribution in [0, 0.1) is 5.82 Å². The van der Waals surface area contributed by atoms with Gasteiger partial charge in [-0.25, -0.2) is 19.0 Å². The molecule has 11 heteroatoms. The number of fused-ring (bicyclic) bond motifs is 1. The molecule has 0 aliphatic carbocycles. The maximum atomic E-state index is 13.2. The van der Waals surface area contributed by atoms with Gasteiger partial charge in [-0.05, 0) is 18.6 Å². The Morgan fingerprint density at radius 2 is 2.11 bits per heavy atom. The van der Waals surface area contributed by atoms with E-state index in [2.05, 4.69) is 20.2 Å². The molecule has 28 heavy (non-hydrogen) atoms. The van der Waals surface area contributed by atoms with Crippen LogP contribution < -0.4 is 4.74 Å². The summed E-state index contributed by atoms with van der Waals surface area (Å²) in [6, 6.07) is 5.47. The Kier molecular flexibility index (Phi) is 4.73. The van der Waals surface area contributed by atoms with Crippen molar-refractivity contribution in [3.63, 3.8) is 0 Å². The first-order valence-electron chi connectivity index (χ1n) is 8.63. The Morgan fingerprint density at radius 1 is 1.25 bits per heavy atom. The molecule has 0 radical (unpaired) electrons. The van der Waals surface area contributed by atoms with E-state index in [1.165, 1.54) is 24.5 Å². The van der Waals surface area contributed by atoms with Gasteiger partial charge in [0.1, 0.15) is 42.7 Å². The highest BCUT2D eigenvalue weighted by molar-refractivity contribution is 5.22. The van der Waals surface area contributed by atoms with Crippen molar-refractivity contribution in [2.75, 3.05) is 0 Å². The molecule has 0 amide bonds. The summed E-state index contributed by atoms with van der Waals surface area (Å²) >= 11 is 0. The molecule has 4 rings (SSSR count). The van der Waals surface area contributed by atoms with Crippen LogP contribution in [0.2, 0.25) is 0 Å². The summed E-state index contributed by atoms with van der Waals surface area (Å²) in [5.74, 6) is 0.573. The van der Waals surface area contributed by atoms with E-state index >= 15 is 0 Å². The fourth-order valence-electron chi connectivity index (χ4n) is 3.21. The molecular weight excluding hydrogens is 380 g/mol. The molecule has 0 N–H and O–H groups in total. The summed E-state index contributed by atoms with van der Waals surface area (Å²) in [7, 11) is 0. The Hall–Kier alpha value is -2.98. The lowest BCUT2D eigenvalue weighted by Gasteiger charge is -2.22. The van der Waals surface area contributed by atoms with Crippen LogP contribution in [0.15, 0.2) is 30.6 Å². The molecule has 148 valence electrons. The number of aryl methyl sites for hydroxylation is 1. The van der Waals surface area contributed by atoms with Gasteiger partial charge in [-0.2, -0.15) is 23.4 Å². The van der Waals surface area contributed by atoms with Crippen molar-refractivity contribution in [2.45, 2.75) is 44.6 Å². The second kappa shape index (κ2) is 7.21. The lowest BCUT2D eigenvalue weighted by Crippen LogP contribution is -2.25. The van der Waals surface area contributed by atoms with Crippen LogP contribution in [-0.2, 0) is 26.1 Å².